The Morgan fingerprint density at radius 3 is 2.49 bits per heavy atom. The van der Waals surface area contributed by atoms with Crippen molar-refractivity contribution in [2.75, 3.05) is 22.9 Å². The molecule has 0 bridgehead atoms. The van der Waals surface area contributed by atoms with Gasteiger partial charge in [0, 0.05) is 42.6 Å². The number of rotatable bonds is 5. The molecule has 2 atom stereocenters. The first-order valence-corrected chi connectivity index (χ1v) is 14.4. The molecular weight excluding hydrogens is 524 g/mol. The summed E-state index contributed by atoms with van der Waals surface area (Å²) in [5.41, 5.74) is 7.53. The van der Waals surface area contributed by atoms with Crippen LogP contribution in [0.2, 0.25) is 5.02 Å². The third-order valence-electron chi connectivity index (χ3n) is 8.12. The maximum atomic E-state index is 6.96. The topological polar surface area (TPSA) is 49.2 Å². The van der Waals surface area contributed by atoms with Crippen LogP contribution in [0.4, 0.5) is 11.4 Å². The van der Waals surface area contributed by atoms with Crippen molar-refractivity contribution in [2.24, 2.45) is 5.92 Å². The zero-order valence-corrected chi connectivity index (χ0v) is 24.1. The van der Waals surface area contributed by atoms with Gasteiger partial charge in [-0.2, -0.15) is 0 Å². The van der Waals surface area contributed by atoms with Crippen molar-refractivity contribution in [3.05, 3.63) is 101 Å². The SMILES string of the molecule is Cc1cc([C@H]2[C@H](c3ccccn3)NC(=S)N2c2ccc(N3CCC(C)CC3)c(Cl)c2)c(C)n1-c1cccnc1. The summed E-state index contributed by atoms with van der Waals surface area (Å²) in [4.78, 5) is 13.7. The number of hydrogen-bond acceptors (Lipinski definition) is 4. The van der Waals surface area contributed by atoms with E-state index in [2.05, 4.69) is 81.8 Å². The van der Waals surface area contributed by atoms with Gasteiger partial charge in [0.05, 0.1) is 40.4 Å². The molecule has 2 saturated heterocycles. The van der Waals surface area contributed by atoms with Crippen LogP contribution in [0, 0.1) is 19.8 Å². The lowest BCUT2D eigenvalue weighted by molar-refractivity contribution is 0.438. The number of nitrogens with zero attached hydrogens (tertiary/aromatic N) is 5. The van der Waals surface area contributed by atoms with Gasteiger partial charge in [-0.25, -0.2) is 0 Å². The largest absolute Gasteiger partial charge is 0.370 e. The van der Waals surface area contributed by atoms with E-state index in [9.17, 15) is 0 Å². The number of halogens is 1. The lowest BCUT2D eigenvalue weighted by Gasteiger charge is -2.33. The second-order valence-corrected chi connectivity index (χ2v) is 11.5. The monoisotopic (exact) mass is 556 g/mol. The fraction of sp³-hybridized carbons (Fsp3) is 0.323. The number of thiocarbonyl (C=S) groups is 1. The van der Waals surface area contributed by atoms with Crippen molar-refractivity contribution >= 4 is 40.3 Å². The van der Waals surface area contributed by atoms with Crippen LogP contribution in [0.15, 0.2) is 73.2 Å². The van der Waals surface area contributed by atoms with E-state index < -0.39 is 0 Å². The van der Waals surface area contributed by atoms with Crippen molar-refractivity contribution in [1.29, 1.82) is 0 Å². The van der Waals surface area contributed by atoms with E-state index in [1.807, 2.05) is 30.6 Å². The zero-order chi connectivity index (χ0) is 27.1. The number of nitrogens with one attached hydrogen (secondary N) is 1. The molecule has 200 valence electrons. The van der Waals surface area contributed by atoms with Crippen LogP contribution in [0.5, 0.6) is 0 Å². The molecule has 2 fully saturated rings. The highest BCUT2D eigenvalue weighted by Gasteiger charge is 2.42. The molecule has 2 aliphatic heterocycles. The number of aryl methyl sites for hydroxylation is 1. The highest BCUT2D eigenvalue weighted by molar-refractivity contribution is 7.80. The molecule has 2 aliphatic rings. The number of benzene rings is 1. The highest BCUT2D eigenvalue weighted by Crippen LogP contribution is 2.45. The molecule has 0 spiro atoms. The van der Waals surface area contributed by atoms with Crippen LogP contribution in [0.3, 0.4) is 0 Å². The van der Waals surface area contributed by atoms with Crippen LogP contribution >= 0.6 is 23.8 Å². The molecule has 0 saturated carbocycles. The summed E-state index contributed by atoms with van der Waals surface area (Å²) >= 11 is 12.9. The number of piperidine rings is 1. The van der Waals surface area contributed by atoms with Gasteiger partial charge in [-0.05, 0) is 98.9 Å². The normalized spacial score (nSPS) is 19.9. The first-order valence-electron chi connectivity index (χ1n) is 13.6. The molecule has 0 aliphatic carbocycles. The quantitative estimate of drug-likeness (QED) is 0.268. The van der Waals surface area contributed by atoms with Crippen LogP contribution in [0.1, 0.15) is 54.5 Å². The van der Waals surface area contributed by atoms with Gasteiger partial charge in [-0.3, -0.25) is 9.97 Å². The molecule has 39 heavy (non-hydrogen) atoms. The second-order valence-electron chi connectivity index (χ2n) is 10.7. The predicted molar refractivity (Wildman–Crippen MR) is 163 cm³/mol. The minimum absolute atomic E-state index is 0.109. The molecule has 1 aromatic carbocycles. The van der Waals surface area contributed by atoms with Crippen molar-refractivity contribution in [2.45, 2.75) is 45.7 Å². The lowest BCUT2D eigenvalue weighted by Crippen LogP contribution is -2.33. The predicted octanol–water partition coefficient (Wildman–Crippen LogP) is 6.95. The fourth-order valence-electron chi connectivity index (χ4n) is 6.07. The maximum absolute atomic E-state index is 6.96. The van der Waals surface area contributed by atoms with Gasteiger partial charge in [0.15, 0.2) is 5.11 Å². The van der Waals surface area contributed by atoms with Gasteiger partial charge in [-0.15, -0.1) is 0 Å². The molecule has 0 radical (unpaired) electrons. The number of hydrogen-bond donors (Lipinski definition) is 1. The molecule has 0 unspecified atom stereocenters. The van der Waals surface area contributed by atoms with E-state index in [-0.39, 0.29) is 12.1 Å². The van der Waals surface area contributed by atoms with E-state index in [0.29, 0.717) is 5.11 Å². The first kappa shape index (κ1) is 25.8. The van der Waals surface area contributed by atoms with Crippen LogP contribution < -0.4 is 15.1 Å². The van der Waals surface area contributed by atoms with Gasteiger partial charge in [0.1, 0.15) is 0 Å². The van der Waals surface area contributed by atoms with Gasteiger partial charge < -0.3 is 19.7 Å². The highest BCUT2D eigenvalue weighted by atomic mass is 35.5. The lowest BCUT2D eigenvalue weighted by atomic mass is 9.96. The Morgan fingerprint density at radius 1 is 0.974 bits per heavy atom. The van der Waals surface area contributed by atoms with E-state index in [0.717, 1.165) is 58.2 Å². The smallest absolute Gasteiger partial charge is 0.174 e. The third-order valence-corrected chi connectivity index (χ3v) is 8.74. The molecule has 3 aromatic heterocycles. The molecule has 4 aromatic rings. The number of pyridine rings is 2. The third kappa shape index (κ3) is 4.79. The molecule has 8 heteroatoms. The minimum atomic E-state index is -0.122. The Balaban J connectivity index is 1.43. The maximum Gasteiger partial charge on any atom is 0.174 e. The molecule has 0 amide bonds. The fourth-order valence-corrected chi connectivity index (χ4v) is 6.71. The second kappa shape index (κ2) is 10.6. The number of anilines is 2. The molecule has 5 heterocycles. The Kier molecular flexibility index (Phi) is 7.04. The van der Waals surface area contributed by atoms with Gasteiger partial charge in [-0.1, -0.05) is 24.6 Å². The molecule has 1 N–H and O–H groups in total. The van der Waals surface area contributed by atoms with Crippen LogP contribution in [-0.4, -0.2) is 32.7 Å². The first-order chi connectivity index (χ1) is 18.9. The Hall–Kier alpha value is -3.42. The molecule has 6 rings (SSSR count). The van der Waals surface area contributed by atoms with Crippen LogP contribution in [-0.2, 0) is 0 Å². The average molecular weight is 557 g/mol. The summed E-state index contributed by atoms with van der Waals surface area (Å²) in [6, 6.07) is 18.5. The van der Waals surface area contributed by atoms with E-state index in [1.165, 1.54) is 18.4 Å². The van der Waals surface area contributed by atoms with Gasteiger partial charge in [0.25, 0.3) is 0 Å². The van der Waals surface area contributed by atoms with Crippen molar-refractivity contribution in [3.8, 4) is 5.69 Å². The summed E-state index contributed by atoms with van der Waals surface area (Å²) in [6.07, 6.45) is 7.92. The molecular formula is C31H33ClN6S. The Labute approximate surface area is 240 Å². The van der Waals surface area contributed by atoms with Crippen LogP contribution in [0.25, 0.3) is 5.69 Å². The summed E-state index contributed by atoms with van der Waals surface area (Å²) < 4.78 is 2.25. The minimum Gasteiger partial charge on any atom is -0.370 e. The summed E-state index contributed by atoms with van der Waals surface area (Å²) in [5, 5.41) is 5.00. The summed E-state index contributed by atoms with van der Waals surface area (Å²) in [5.74, 6) is 0.766. The van der Waals surface area contributed by atoms with Crippen molar-refractivity contribution < 1.29 is 0 Å². The zero-order valence-electron chi connectivity index (χ0n) is 22.5. The van der Waals surface area contributed by atoms with E-state index in [4.69, 9.17) is 28.8 Å². The Bertz CT molecular complexity index is 1480. The molecule has 6 nitrogen and oxygen atoms in total. The standard InChI is InChI=1S/C31H33ClN6S/c1-20-11-15-36(16-12-20)28-10-9-23(18-26(28)32)38-30(29(35-31(38)39)27-8-4-5-14-34-27)25-17-21(2)37(22(25)3)24-7-6-13-33-19-24/h4-10,13-14,17-20,29-30H,11-12,15-16H2,1-3H3,(H,35,39)/t29-,30-/m0/s1. The summed E-state index contributed by atoms with van der Waals surface area (Å²) in [7, 11) is 0. The van der Waals surface area contributed by atoms with E-state index >= 15 is 0 Å². The van der Waals surface area contributed by atoms with Crippen molar-refractivity contribution in [1.82, 2.24) is 19.9 Å². The van der Waals surface area contributed by atoms with Gasteiger partial charge in [0.2, 0.25) is 0 Å². The van der Waals surface area contributed by atoms with Gasteiger partial charge >= 0.3 is 0 Å². The Morgan fingerprint density at radius 2 is 1.79 bits per heavy atom. The summed E-state index contributed by atoms with van der Waals surface area (Å²) in [6.45, 7) is 8.70. The average Bonchev–Trinajstić information content (AvgIpc) is 3.45. The van der Waals surface area contributed by atoms with E-state index in [1.54, 1.807) is 6.20 Å². The number of aromatic nitrogens is 3. The van der Waals surface area contributed by atoms with Crippen molar-refractivity contribution in [3.63, 3.8) is 0 Å².